The van der Waals surface area contributed by atoms with Gasteiger partial charge in [-0.2, -0.15) is 0 Å². The molecule has 7 heteroatoms. The van der Waals surface area contributed by atoms with Gasteiger partial charge in [0.05, 0.1) is 10.1 Å². The number of hydrogen-bond donors (Lipinski definition) is 0. The van der Waals surface area contributed by atoms with Crippen LogP contribution in [-0.2, 0) is 17.6 Å². The molecule has 0 aliphatic heterocycles. The lowest BCUT2D eigenvalue weighted by atomic mass is 9.90. The van der Waals surface area contributed by atoms with Crippen molar-refractivity contribution in [3.05, 3.63) is 46.8 Å². The highest BCUT2D eigenvalue weighted by Crippen LogP contribution is 2.37. The number of anilines is 1. The number of nitrogens with zero attached hydrogens (tertiary/aromatic N) is 3. The van der Waals surface area contributed by atoms with Gasteiger partial charge in [-0.3, -0.25) is 4.79 Å². The van der Waals surface area contributed by atoms with E-state index >= 15 is 0 Å². The molecule has 1 aliphatic rings. The Morgan fingerprint density at radius 2 is 2.11 bits per heavy atom. The van der Waals surface area contributed by atoms with Gasteiger partial charge >= 0.3 is 0 Å². The second-order valence-electron chi connectivity index (χ2n) is 7.27. The fourth-order valence-corrected chi connectivity index (χ4v) is 5.33. The highest BCUT2D eigenvalue weighted by Gasteiger charge is 2.24. The normalized spacial score (nSPS) is 17.2. The van der Waals surface area contributed by atoms with Gasteiger partial charge in [-0.05, 0) is 55.9 Å². The van der Waals surface area contributed by atoms with Crippen molar-refractivity contribution in [2.24, 2.45) is 5.92 Å². The Morgan fingerprint density at radius 3 is 2.89 bits per heavy atom. The van der Waals surface area contributed by atoms with Crippen molar-refractivity contribution in [2.45, 2.75) is 43.6 Å². The van der Waals surface area contributed by atoms with E-state index < -0.39 is 0 Å². The molecular formula is C21H23N3O2S2. The average Bonchev–Trinajstić information content (AvgIpc) is 3.33. The lowest BCUT2D eigenvalue weighted by molar-refractivity contribution is -0.117. The summed E-state index contributed by atoms with van der Waals surface area (Å²) in [5.74, 6) is 1.28. The highest BCUT2D eigenvalue weighted by atomic mass is 32.2. The topological polar surface area (TPSA) is 59.2 Å². The van der Waals surface area contributed by atoms with Crippen LogP contribution in [0.15, 0.2) is 46.0 Å². The summed E-state index contributed by atoms with van der Waals surface area (Å²) in [7, 11) is 1.78. The molecule has 1 aliphatic carbocycles. The lowest BCUT2D eigenvalue weighted by Crippen LogP contribution is -2.33. The molecule has 0 bridgehead atoms. The smallest absolute Gasteiger partial charge is 0.277 e. The third kappa shape index (κ3) is 4.00. The van der Waals surface area contributed by atoms with Gasteiger partial charge < -0.3 is 9.32 Å². The van der Waals surface area contributed by atoms with Gasteiger partial charge in [-0.1, -0.05) is 36.9 Å². The van der Waals surface area contributed by atoms with E-state index in [0.29, 0.717) is 11.1 Å². The van der Waals surface area contributed by atoms with Crippen LogP contribution in [0.1, 0.15) is 30.7 Å². The molecule has 2 heterocycles. The van der Waals surface area contributed by atoms with Gasteiger partial charge in [0.2, 0.25) is 5.91 Å². The molecule has 2 aromatic heterocycles. The van der Waals surface area contributed by atoms with Crippen LogP contribution in [0.25, 0.3) is 10.8 Å². The van der Waals surface area contributed by atoms with E-state index in [1.165, 1.54) is 28.6 Å². The first kappa shape index (κ1) is 19.2. The summed E-state index contributed by atoms with van der Waals surface area (Å²) in [6.07, 6.45) is 3.50. The third-order valence-corrected chi connectivity index (χ3v) is 7.19. The number of carbonyl (C=O) groups is 1. The largest absolute Gasteiger partial charge is 0.410 e. The summed E-state index contributed by atoms with van der Waals surface area (Å²) in [4.78, 5) is 16.8. The minimum absolute atomic E-state index is 0.00322. The van der Waals surface area contributed by atoms with Crippen LogP contribution >= 0.6 is 23.1 Å². The number of fused-ring (bicyclic) bond motifs is 1. The lowest BCUT2D eigenvalue weighted by Gasteiger charge is -2.20. The Kier molecular flexibility index (Phi) is 5.55. The van der Waals surface area contributed by atoms with E-state index in [1.54, 1.807) is 23.3 Å². The van der Waals surface area contributed by atoms with Crippen molar-refractivity contribution in [1.29, 1.82) is 0 Å². The predicted octanol–water partition coefficient (Wildman–Crippen LogP) is 5.07. The fraction of sp³-hybridized carbons (Fsp3) is 0.381. The monoisotopic (exact) mass is 413 g/mol. The Morgan fingerprint density at radius 1 is 1.32 bits per heavy atom. The number of rotatable bonds is 5. The van der Waals surface area contributed by atoms with Crippen LogP contribution in [0.3, 0.4) is 0 Å². The van der Waals surface area contributed by atoms with E-state index in [4.69, 9.17) is 4.42 Å². The zero-order valence-corrected chi connectivity index (χ0v) is 17.8. The first-order chi connectivity index (χ1) is 13.5. The summed E-state index contributed by atoms with van der Waals surface area (Å²) < 4.78 is 5.86. The van der Waals surface area contributed by atoms with Crippen molar-refractivity contribution < 1.29 is 9.21 Å². The van der Waals surface area contributed by atoms with Crippen LogP contribution in [-0.4, -0.2) is 28.4 Å². The zero-order chi connectivity index (χ0) is 19.7. The van der Waals surface area contributed by atoms with Crippen LogP contribution in [0.4, 0.5) is 5.69 Å². The van der Waals surface area contributed by atoms with Gasteiger partial charge in [0.25, 0.3) is 11.1 Å². The number of benzene rings is 1. The second-order valence-corrected chi connectivity index (χ2v) is 9.70. The number of hydrogen-bond acceptors (Lipinski definition) is 6. The number of thioether (sulfide) groups is 1. The molecule has 2 atom stereocenters. The molecule has 0 N–H and O–H groups in total. The fourth-order valence-electron chi connectivity index (χ4n) is 3.42. The van der Waals surface area contributed by atoms with Gasteiger partial charge in [-0.15, -0.1) is 21.5 Å². The SMILES string of the molecule is C[C@H]1CCc2sc(-c3nnc(S[C@@H](C)C(=O)N(C)c4ccccc4)o3)cc2C1. The Labute approximate surface area is 173 Å². The molecule has 146 valence electrons. The molecule has 0 saturated heterocycles. The summed E-state index contributed by atoms with van der Waals surface area (Å²) in [5.41, 5.74) is 2.28. The van der Waals surface area contributed by atoms with E-state index in [1.807, 2.05) is 37.3 Å². The van der Waals surface area contributed by atoms with E-state index in [-0.39, 0.29) is 11.2 Å². The standard InChI is InChI=1S/C21H23N3O2S2/c1-13-9-10-17-15(11-13)12-18(28-17)19-22-23-21(26-19)27-14(2)20(25)24(3)16-7-5-4-6-8-16/h4-8,12-14H,9-11H2,1-3H3/t13-,14-/m0/s1. The van der Waals surface area contributed by atoms with Crippen molar-refractivity contribution >= 4 is 34.7 Å². The molecule has 0 fully saturated rings. The number of carbonyl (C=O) groups excluding carboxylic acids is 1. The Hall–Kier alpha value is -2.12. The van der Waals surface area contributed by atoms with Crippen LogP contribution < -0.4 is 4.90 Å². The van der Waals surface area contributed by atoms with Gasteiger partial charge in [0.15, 0.2) is 0 Å². The van der Waals surface area contributed by atoms with Gasteiger partial charge in [0.1, 0.15) is 0 Å². The minimum atomic E-state index is -0.323. The summed E-state index contributed by atoms with van der Waals surface area (Å²) in [6, 6.07) is 11.8. The third-order valence-electron chi connectivity index (χ3n) is 5.05. The number of aryl methyl sites for hydroxylation is 1. The quantitative estimate of drug-likeness (QED) is 0.547. The maximum Gasteiger partial charge on any atom is 0.277 e. The molecule has 28 heavy (non-hydrogen) atoms. The molecule has 4 rings (SSSR count). The van der Waals surface area contributed by atoms with Crippen LogP contribution in [0.5, 0.6) is 0 Å². The molecule has 5 nitrogen and oxygen atoms in total. The molecule has 1 aromatic carbocycles. The Balaban J connectivity index is 1.44. The van der Waals surface area contributed by atoms with E-state index in [2.05, 4.69) is 23.2 Å². The van der Waals surface area contributed by atoms with E-state index in [0.717, 1.165) is 29.3 Å². The first-order valence-electron chi connectivity index (χ1n) is 9.46. The number of para-hydroxylation sites is 1. The van der Waals surface area contributed by atoms with Gasteiger partial charge in [-0.25, -0.2) is 0 Å². The molecule has 0 spiro atoms. The molecule has 0 saturated carbocycles. The van der Waals surface area contributed by atoms with Crippen LogP contribution in [0, 0.1) is 5.92 Å². The van der Waals surface area contributed by atoms with Crippen molar-refractivity contribution in [2.75, 3.05) is 11.9 Å². The summed E-state index contributed by atoms with van der Waals surface area (Å²) in [6.45, 7) is 4.16. The number of amides is 1. The summed E-state index contributed by atoms with van der Waals surface area (Å²) in [5, 5.41) is 8.47. The molecule has 0 radical (unpaired) electrons. The maximum absolute atomic E-state index is 12.7. The molecule has 1 amide bonds. The zero-order valence-electron chi connectivity index (χ0n) is 16.2. The minimum Gasteiger partial charge on any atom is -0.410 e. The van der Waals surface area contributed by atoms with Crippen molar-refractivity contribution in [3.63, 3.8) is 0 Å². The Bertz CT molecular complexity index is 967. The molecule has 0 unspecified atom stereocenters. The predicted molar refractivity (Wildman–Crippen MR) is 114 cm³/mol. The van der Waals surface area contributed by atoms with E-state index in [9.17, 15) is 4.79 Å². The summed E-state index contributed by atoms with van der Waals surface area (Å²) >= 11 is 3.05. The maximum atomic E-state index is 12.7. The van der Waals surface area contributed by atoms with Crippen LogP contribution in [0.2, 0.25) is 0 Å². The number of thiophene rings is 1. The molecular weight excluding hydrogens is 390 g/mol. The van der Waals surface area contributed by atoms with Crippen molar-refractivity contribution in [1.82, 2.24) is 10.2 Å². The second kappa shape index (κ2) is 8.09. The molecule has 3 aromatic rings. The highest BCUT2D eigenvalue weighted by molar-refractivity contribution is 8.00. The van der Waals surface area contributed by atoms with Crippen molar-refractivity contribution in [3.8, 4) is 10.8 Å². The number of aromatic nitrogens is 2. The van der Waals surface area contributed by atoms with Gasteiger partial charge in [0, 0.05) is 17.6 Å². The first-order valence-corrected chi connectivity index (χ1v) is 11.2. The average molecular weight is 414 g/mol.